The number of carbonyl (C=O) groups is 1. The molecule has 2 aromatic rings. The largest absolute Gasteiger partial charge is 0.368 e. The van der Waals surface area contributed by atoms with E-state index in [1.165, 1.54) is 0 Å². The molecule has 22 heavy (non-hydrogen) atoms. The van der Waals surface area contributed by atoms with Crippen molar-refractivity contribution < 1.29 is 4.79 Å². The molecule has 0 fully saturated rings. The summed E-state index contributed by atoms with van der Waals surface area (Å²) in [5.41, 5.74) is 1.65. The van der Waals surface area contributed by atoms with Crippen LogP contribution in [0, 0.1) is 0 Å². The molecule has 1 aromatic carbocycles. The Morgan fingerprint density at radius 2 is 1.86 bits per heavy atom. The lowest BCUT2D eigenvalue weighted by Gasteiger charge is -2.15. The van der Waals surface area contributed by atoms with Gasteiger partial charge in [-0.05, 0) is 38.0 Å². The van der Waals surface area contributed by atoms with Crippen molar-refractivity contribution in [3.63, 3.8) is 0 Å². The van der Waals surface area contributed by atoms with Crippen molar-refractivity contribution in [2.24, 2.45) is 0 Å². The van der Waals surface area contributed by atoms with Gasteiger partial charge in [-0.3, -0.25) is 4.79 Å². The Kier molecular flexibility index (Phi) is 5.53. The smallest absolute Gasteiger partial charge is 0.253 e. The SMILES string of the molecule is CCC(C)Nc1ccc(C(=O)NC(C)c2ccccc2)cn1. The highest BCUT2D eigenvalue weighted by Crippen LogP contribution is 2.13. The molecule has 0 aliphatic rings. The number of pyridine rings is 1. The van der Waals surface area contributed by atoms with Gasteiger partial charge in [0.1, 0.15) is 5.82 Å². The van der Waals surface area contributed by atoms with Gasteiger partial charge in [-0.2, -0.15) is 0 Å². The lowest BCUT2D eigenvalue weighted by molar-refractivity contribution is 0.0939. The number of benzene rings is 1. The third-order valence-electron chi connectivity index (χ3n) is 3.68. The Bertz CT molecular complexity index is 595. The van der Waals surface area contributed by atoms with Crippen LogP contribution in [0.4, 0.5) is 5.82 Å². The van der Waals surface area contributed by atoms with E-state index < -0.39 is 0 Å². The first-order valence-corrected chi connectivity index (χ1v) is 7.68. The van der Waals surface area contributed by atoms with Crippen LogP contribution in [0.1, 0.15) is 49.2 Å². The van der Waals surface area contributed by atoms with E-state index in [0.29, 0.717) is 11.6 Å². The van der Waals surface area contributed by atoms with E-state index in [2.05, 4.69) is 29.5 Å². The molecule has 4 nitrogen and oxygen atoms in total. The van der Waals surface area contributed by atoms with Crippen LogP contribution in [0.2, 0.25) is 0 Å². The molecular formula is C18H23N3O. The first kappa shape index (κ1) is 16.0. The molecule has 2 N–H and O–H groups in total. The summed E-state index contributed by atoms with van der Waals surface area (Å²) in [6, 6.07) is 13.9. The Hall–Kier alpha value is -2.36. The molecule has 0 bridgehead atoms. The van der Waals surface area contributed by atoms with Gasteiger partial charge in [0.05, 0.1) is 11.6 Å². The number of aromatic nitrogens is 1. The highest BCUT2D eigenvalue weighted by molar-refractivity contribution is 5.94. The maximum absolute atomic E-state index is 12.2. The van der Waals surface area contributed by atoms with Gasteiger partial charge in [0.2, 0.25) is 0 Å². The number of hydrogen-bond donors (Lipinski definition) is 2. The molecule has 2 unspecified atom stereocenters. The molecule has 2 rings (SSSR count). The van der Waals surface area contributed by atoms with E-state index >= 15 is 0 Å². The first-order valence-electron chi connectivity index (χ1n) is 7.68. The average molecular weight is 297 g/mol. The van der Waals surface area contributed by atoms with Gasteiger partial charge in [-0.25, -0.2) is 4.98 Å². The second-order valence-corrected chi connectivity index (χ2v) is 5.49. The van der Waals surface area contributed by atoms with E-state index in [1.54, 1.807) is 12.3 Å². The molecule has 0 saturated heterocycles. The Balaban J connectivity index is 1.98. The van der Waals surface area contributed by atoms with Gasteiger partial charge in [-0.15, -0.1) is 0 Å². The van der Waals surface area contributed by atoms with Crippen LogP contribution in [-0.4, -0.2) is 16.9 Å². The first-order chi connectivity index (χ1) is 10.6. The second kappa shape index (κ2) is 7.59. The molecule has 1 heterocycles. The topological polar surface area (TPSA) is 54.0 Å². The number of amides is 1. The maximum Gasteiger partial charge on any atom is 0.253 e. The highest BCUT2D eigenvalue weighted by Gasteiger charge is 2.11. The zero-order chi connectivity index (χ0) is 15.9. The van der Waals surface area contributed by atoms with Gasteiger partial charge >= 0.3 is 0 Å². The van der Waals surface area contributed by atoms with E-state index in [-0.39, 0.29) is 11.9 Å². The predicted molar refractivity (Wildman–Crippen MR) is 89.9 cm³/mol. The minimum atomic E-state index is -0.112. The summed E-state index contributed by atoms with van der Waals surface area (Å²) < 4.78 is 0. The lowest BCUT2D eigenvalue weighted by atomic mass is 10.1. The quantitative estimate of drug-likeness (QED) is 0.853. The van der Waals surface area contributed by atoms with Crippen molar-refractivity contribution in [2.75, 3.05) is 5.32 Å². The van der Waals surface area contributed by atoms with Gasteiger partial charge in [-0.1, -0.05) is 37.3 Å². The summed E-state index contributed by atoms with van der Waals surface area (Å²) in [6.07, 6.45) is 2.64. The molecule has 2 atom stereocenters. The van der Waals surface area contributed by atoms with Gasteiger partial charge in [0.25, 0.3) is 5.91 Å². The van der Waals surface area contributed by atoms with Crippen molar-refractivity contribution in [2.45, 2.75) is 39.3 Å². The van der Waals surface area contributed by atoms with Crippen LogP contribution in [0.15, 0.2) is 48.7 Å². The third kappa shape index (κ3) is 4.32. The van der Waals surface area contributed by atoms with Crippen LogP contribution in [0.3, 0.4) is 0 Å². The van der Waals surface area contributed by atoms with Crippen molar-refractivity contribution in [1.82, 2.24) is 10.3 Å². The Labute approximate surface area is 132 Å². The second-order valence-electron chi connectivity index (χ2n) is 5.49. The summed E-state index contributed by atoms with van der Waals surface area (Å²) in [5.74, 6) is 0.681. The number of rotatable bonds is 6. The average Bonchev–Trinajstić information content (AvgIpc) is 2.56. The summed E-state index contributed by atoms with van der Waals surface area (Å²) in [6.45, 7) is 6.19. The lowest BCUT2D eigenvalue weighted by Crippen LogP contribution is -2.26. The van der Waals surface area contributed by atoms with E-state index in [4.69, 9.17) is 0 Å². The van der Waals surface area contributed by atoms with Crippen molar-refractivity contribution >= 4 is 11.7 Å². The molecule has 1 aromatic heterocycles. The van der Waals surface area contributed by atoms with Crippen molar-refractivity contribution in [3.05, 3.63) is 59.8 Å². The maximum atomic E-state index is 12.2. The van der Waals surface area contributed by atoms with Crippen LogP contribution in [0.5, 0.6) is 0 Å². The van der Waals surface area contributed by atoms with Gasteiger partial charge in [0, 0.05) is 12.2 Å². The summed E-state index contributed by atoms with van der Waals surface area (Å²) in [5, 5.41) is 6.27. The van der Waals surface area contributed by atoms with Gasteiger partial charge < -0.3 is 10.6 Å². The fourth-order valence-electron chi connectivity index (χ4n) is 2.07. The van der Waals surface area contributed by atoms with Crippen LogP contribution >= 0.6 is 0 Å². The monoisotopic (exact) mass is 297 g/mol. The van der Waals surface area contributed by atoms with Crippen molar-refractivity contribution in [1.29, 1.82) is 0 Å². The number of nitrogens with zero attached hydrogens (tertiary/aromatic N) is 1. The Morgan fingerprint density at radius 1 is 1.14 bits per heavy atom. The summed E-state index contributed by atoms with van der Waals surface area (Å²) >= 11 is 0. The molecule has 0 aliphatic heterocycles. The molecule has 1 amide bonds. The minimum Gasteiger partial charge on any atom is -0.368 e. The van der Waals surface area contributed by atoms with E-state index in [9.17, 15) is 4.79 Å². The van der Waals surface area contributed by atoms with Crippen LogP contribution < -0.4 is 10.6 Å². The zero-order valence-electron chi connectivity index (χ0n) is 13.3. The summed E-state index contributed by atoms with van der Waals surface area (Å²) in [7, 11) is 0. The number of hydrogen-bond acceptors (Lipinski definition) is 3. The van der Waals surface area contributed by atoms with Crippen LogP contribution in [0.25, 0.3) is 0 Å². The standard InChI is InChI=1S/C18H23N3O/c1-4-13(2)20-17-11-10-16(12-19-17)18(22)21-14(3)15-8-6-5-7-9-15/h5-14H,4H2,1-3H3,(H,19,20)(H,21,22). The number of carbonyl (C=O) groups excluding carboxylic acids is 1. The minimum absolute atomic E-state index is 0.0355. The zero-order valence-corrected chi connectivity index (χ0v) is 13.3. The van der Waals surface area contributed by atoms with Crippen molar-refractivity contribution in [3.8, 4) is 0 Å². The van der Waals surface area contributed by atoms with E-state index in [0.717, 1.165) is 17.8 Å². The molecule has 0 radical (unpaired) electrons. The molecule has 116 valence electrons. The molecule has 4 heteroatoms. The third-order valence-corrected chi connectivity index (χ3v) is 3.68. The Morgan fingerprint density at radius 3 is 2.45 bits per heavy atom. The molecular weight excluding hydrogens is 274 g/mol. The summed E-state index contributed by atoms with van der Waals surface area (Å²) in [4.78, 5) is 16.5. The molecule has 0 spiro atoms. The number of anilines is 1. The highest BCUT2D eigenvalue weighted by atomic mass is 16.1. The fraction of sp³-hybridized carbons (Fsp3) is 0.333. The predicted octanol–water partition coefficient (Wildman–Crippen LogP) is 3.78. The molecule has 0 saturated carbocycles. The normalized spacial score (nSPS) is 13.2. The molecule has 0 aliphatic carbocycles. The fourth-order valence-corrected chi connectivity index (χ4v) is 2.07. The van der Waals surface area contributed by atoms with Gasteiger partial charge in [0.15, 0.2) is 0 Å². The van der Waals surface area contributed by atoms with Crippen LogP contribution in [-0.2, 0) is 0 Å². The number of nitrogens with one attached hydrogen (secondary N) is 2. The van der Waals surface area contributed by atoms with E-state index in [1.807, 2.05) is 43.3 Å².